The summed E-state index contributed by atoms with van der Waals surface area (Å²) >= 11 is 3.14. The standard InChI is InChI=1S/C18H22N2O3S2/c1-11(23-2)16(21)20-18-15(13-7-3-4-8-14(13)25-18)17(22)19-10-12-6-5-9-24-12/h5-6,9,11H,3-4,7-8,10H2,1-2H3,(H,19,22)(H,20,21). The van der Waals surface area contributed by atoms with Gasteiger partial charge in [0, 0.05) is 16.9 Å². The Morgan fingerprint density at radius 1 is 1.32 bits per heavy atom. The highest BCUT2D eigenvalue weighted by Crippen LogP contribution is 2.38. The molecule has 5 nitrogen and oxygen atoms in total. The smallest absolute Gasteiger partial charge is 0.254 e. The van der Waals surface area contributed by atoms with Crippen molar-refractivity contribution in [2.45, 2.75) is 45.3 Å². The van der Waals surface area contributed by atoms with Gasteiger partial charge in [-0.25, -0.2) is 0 Å². The Morgan fingerprint density at radius 2 is 2.12 bits per heavy atom. The van der Waals surface area contributed by atoms with Gasteiger partial charge in [-0.2, -0.15) is 0 Å². The van der Waals surface area contributed by atoms with E-state index < -0.39 is 6.10 Å². The van der Waals surface area contributed by atoms with Crippen LogP contribution >= 0.6 is 22.7 Å². The Bertz CT molecular complexity index is 753. The number of carbonyl (C=O) groups is 2. The van der Waals surface area contributed by atoms with E-state index in [1.165, 1.54) is 23.3 Å². The number of hydrogen-bond acceptors (Lipinski definition) is 5. The number of rotatable bonds is 6. The first-order valence-corrected chi connectivity index (χ1v) is 10.1. The number of nitrogens with one attached hydrogen (secondary N) is 2. The van der Waals surface area contributed by atoms with Crippen molar-refractivity contribution in [2.75, 3.05) is 12.4 Å². The summed E-state index contributed by atoms with van der Waals surface area (Å²) in [7, 11) is 1.50. The predicted octanol–water partition coefficient (Wildman–Crippen LogP) is 3.59. The van der Waals surface area contributed by atoms with Gasteiger partial charge >= 0.3 is 0 Å². The van der Waals surface area contributed by atoms with E-state index in [1.807, 2.05) is 17.5 Å². The average Bonchev–Trinajstić information content (AvgIpc) is 3.26. The van der Waals surface area contributed by atoms with Crippen LogP contribution in [0.5, 0.6) is 0 Å². The van der Waals surface area contributed by atoms with Gasteiger partial charge in [0.1, 0.15) is 11.1 Å². The highest BCUT2D eigenvalue weighted by Gasteiger charge is 2.27. The summed E-state index contributed by atoms with van der Waals surface area (Å²) in [6.45, 7) is 2.20. The van der Waals surface area contributed by atoms with Crippen LogP contribution in [0, 0.1) is 0 Å². The first kappa shape index (κ1) is 18.1. The zero-order valence-corrected chi connectivity index (χ0v) is 16.0. The highest BCUT2D eigenvalue weighted by molar-refractivity contribution is 7.17. The largest absolute Gasteiger partial charge is 0.372 e. The predicted molar refractivity (Wildman–Crippen MR) is 102 cm³/mol. The van der Waals surface area contributed by atoms with Gasteiger partial charge in [0.05, 0.1) is 12.1 Å². The Labute approximate surface area is 155 Å². The van der Waals surface area contributed by atoms with Gasteiger partial charge in [-0.3, -0.25) is 9.59 Å². The van der Waals surface area contributed by atoms with Gasteiger partial charge in [0.25, 0.3) is 11.8 Å². The molecule has 25 heavy (non-hydrogen) atoms. The molecule has 2 aromatic heterocycles. The Hall–Kier alpha value is -1.70. The number of amides is 2. The highest BCUT2D eigenvalue weighted by atomic mass is 32.1. The fourth-order valence-corrected chi connectivity index (χ4v) is 4.82. The molecule has 1 aliphatic carbocycles. The van der Waals surface area contributed by atoms with Crippen molar-refractivity contribution >= 4 is 39.5 Å². The number of ether oxygens (including phenoxy) is 1. The normalized spacial score (nSPS) is 14.6. The second-order valence-corrected chi connectivity index (χ2v) is 8.18. The van der Waals surface area contributed by atoms with Crippen LogP contribution < -0.4 is 10.6 Å². The summed E-state index contributed by atoms with van der Waals surface area (Å²) in [6, 6.07) is 3.97. The van der Waals surface area contributed by atoms with Crippen LogP contribution in [-0.4, -0.2) is 25.0 Å². The number of carbonyl (C=O) groups excluding carboxylic acids is 2. The molecular weight excluding hydrogens is 356 g/mol. The lowest BCUT2D eigenvalue weighted by molar-refractivity contribution is -0.124. The van der Waals surface area contributed by atoms with E-state index >= 15 is 0 Å². The van der Waals surface area contributed by atoms with Gasteiger partial charge in [0.2, 0.25) is 0 Å². The van der Waals surface area contributed by atoms with Crippen LogP contribution in [0.15, 0.2) is 17.5 Å². The Morgan fingerprint density at radius 3 is 2.84 bits per heavy atom. The lowest BCUT2D eigenvalue weighted by Crippen LogP contribution is -2.29. The molecule has 134 valence electrons. The maximum absolute atomic E-state index is 12.8. The quantitative estimate of drug-likeness (QED) is 0.807. The molecule has 2 aromatic rings. The summed E-state index contributed by atoms with van der Waals surface area (Å²) in [5.74, 6) is -0.346. The van der Waals surface area contributed by atoms with Gasteiger partial charge in [-0.15, -0.1) is 22.7 Å². The molecule has 2 N–H and O–H groups in total. The van der Waals surface area contributed by atoms with Crippen molar-refractivity contribution in [2.24, 2.45) is 0 Å². The summed E-state index contributed by atoms with van der Waals surface area (Å²) in [5.41, 5.74) is 1.73. The Balaban J connectivity index is 1.83. The summed E-state index contributed by atoms with van der Waals surface area (Å²) in [4.78, 5) is 27.4. The summed E-state index contributed by atoms with van der Waals surface area (Å²) in [5, 5.41) is 8.51. The number of thiophene rings is 2. The monoisotopic (exact) mass is 378 g/mol. The lowest BCUT2D eigenvalue weighted by Gasteiger charge is -2.14. The summed E-state index contributed by atoms with van der Waals surface area (Å²) in [6.07, 6.45) is 3.52. The minimum atomic E-state index is -0.554. The van der Waals surface area contributed by atoms with E-state index in [9.17, 15) is 9.59 Å². The molecule has 0 bridgehead atoms. The third-order valence-electron chi connectivity index (χ3n) is 4.36. The zero-order chi connectivity index (χ0) is 17.8. The minimum absolute atomic E-state index is 0.117. The molecule has 1 unspecified atom stereocenters. The summed E-state index contributed by atoms with van der Waals surface area (Å²) < 4.78 is 5.08. The molecule has 0 fully saturated rings. The van der Waals surface area contributed by atoms with Crippen LogP contribution in [0.25, 0.3) is 0 Å². The topological polar surface area (TPSA) is 67.4 Å². The molecule has 2 heterocycles. The second kappa shape index (κ2) is 8.12. The van der Waals surface area contributed by atoms with Crippen LogP contribution in [0.3, 0.4) is 0 Å². The minimum Gasteiger partial charge on any atom is -0.372 e. The van der Waals surface area contributed by atoms with Gasteiger partial charge in [0.15, 0.2) is 0 Å². The lowest BCUT2D eigenvalue weighted by atomic mass is 9.95. The number of anilines is 1. The second-order valence-electron chi connectivity index (χ2n) is 6.04. The van der Waals surface area contributed by atoms with E-state index in [-0.39, 0.29) is 11.8 Å². The number of hydrogen-bond donors (Lipinski definition) is 2. The van der Waals surface area contributed by atoms with Crippen LogP contribution in [-0.2, 0) is 28.9 Å². The molecule has 0 saturated heterocycles. The molecule has 0 spiro atoms. The maximum Gasteiger partial charge on any atom is 0.254 e. The zero-order valence-electron chi connectivity index (χ0n) is 14.4. The molecular formula is C18H22N2O3S2. The number of methoxy groups -OCH3 is 1. The molecule has 1 atom stereocenters. The van der Waals surface area contributed by atoms with Crippen LogP contribution in [0.4, 0.5) is 5.00 Å². The maximum atomic E-state index is 12.8. The number of aryl methyl sites for hydroxylation is 1. The van der Waals surface area contributed by atoms with Gasteiger partial charge < -0.3 is 15.4 Å². The van der Waals surface area contributed by atoms with Crippen molar-refractivity contribution in [3.8, 4) is 0 Å². The van der Waals surface area contributed by atoms with Crippen molar-refractivity contribution in [3.63, 3.8) is 0 Å². The third kappa shape index (κ3) is 4.11. The molecule has 1 aliphatic rings. The first-order valence-electron chi connectivity index (χ1n) is 8.39. The molecule has 0 aromatic carbocycles. The van der Waals surface area contributed by atoms with Crippen molar-refractivity contribution in [3.05, 3.63) is 38.4 Å². The van der Waals surface area contributed by atoms with Crippen molar-refractivity contribution in [1.29, 1.82) is 0 Å². The Kier molecular flexibility index (Phi) is 5.88. The van der Waals surface area contributed by atoms with E-state index in [4.69, 9.17) is 4.74 Å². The van der Waals surface area contributed by atoms with E-state index in [0.29, 0.717) is 17.1 Å². The van der Waals surface area contributed by atoms with Gasteiger partial charge in [-0.05, 0) is 49.6 Å². The molecule has 7 heteroatoms. The number of fused-ring (bicyclic) bond motifs is 1. The van der Waals surface area contributed by atoms with Gasteiger partial charge in [-0.1, -0.05) is 6.07 Å². The molecule has 2 amide bonds. The van der Waals surface area contributed by atoms with E-state index in [0.717, 1.165) is 36.1 Å². The van der Waals surface area contributed by atoms with Crippen LogP contribution in [0.1, 0.15) is 45.4 Å². The molecule has 0 radical (unpaired) electrons. The van der Waals surface area contributed by atoms with E-state index in [2.05, 4.69) is 10.6 Å². The molecule has 3 rings (SSSR count). The molecule has 0 saturated carbocycles. The fourth-order valence-electron chi connectivity index (χ4n) is 2.88. The average molecular weight is 379 g/mol. The first-order chi connectivity index (χ1) is 12.1. The van der Waals surface area contributed by atoms with Crippen molar-refractivity contribution < 1.29 is 14.3 Å². The van der Waals surface area contributed by atoms with Crippen LogP contribution in [0.2, 0.25) is 0 Å². The van der Waals surface area contributed by atoms with Crippen molar-refractivity contribution in [1.82, 2.24) is 5.32 Å². The SMILES string of the molecule is COC(C)C(=O)Nc1sc2c(c1C(=O)NCc1cccs1)CCCC2. The molecule has 0 aliphatic heterocycles. The van der Waals surface area contributed by atoms with E-state index in [1.54, 1.807) is 18.3 Å². The fraction of sp³-hybridized carbons (Fsp3) is 0.444. The third-order valence-corrected chi connectivity index (χ3v) is 6.44.